The summed E-state index contributed by atoms with van der Waals surface area (Å²) in [4.78, 5) is 12.4. The van der Waals surface area contributed by atoms with Crippen molar-refractivity contribution in [1.29, 1.82) is 0 Å². The van der Waals surface area contributed by atoms with Crippen molar-refractivity contribution < 1.29 is 14.3 Å². The van der Waals surface area contributed by atoms with E-state index in [-0.39, 0.29) is 5.91 Å². The number of carbonyl (C=O) groups excluding carboxylic acids is 1. The van der Waals surface area contributed by atoms with Gasteiger partial charge in [0.1, 0.15) is 24.7 Å². The van der Waals surface area contributed by atoms with E-state index in [4.69, 9.17) is 9.47 Å². The number of ether oxygens (including phenoxy) is 2. The maximum atomic E-state index is 12.4. The fourth-order valence-electron chi connectivity index (χ4n) is 2.04. The van der Waals surface area contributed by atoms with Crippen LogP contribution in [0.25, 0.3) is 0 Å². The second-order valence-electron chi connectivity index (χ2n) is 5.08. The molecule has 0 heterocycles. The first kappa shape index (κ1) is 19.5. The zero-order chi connectivity index (χ0) is 18.8. The molecule has 2 aromatic carbocycles. The number of amides is 1. The summed E-state index contributed by atoms with van der Waals surface area (Å²) in [6.07, 6.45) is 4.80. The Morgan fingerprint density at radius 3 is 2.50 bits per heavy atom. The summed E-state index contributed by atoms with van der Waals surface area (Å²) in [7, 11) is 0. The van der Waals surface area contributed by atoms with Gasteiger partial charge in [0, 0.05) is 10.0 Å². The molecular formula is C20H19BrN2O3. The number of rotatable bonds is 9. The second-order valence-corrected chi connectivity index (χ2v) is 5.99. The Bertz CT molecular complexity index is 818. The van der Waals surface area contributed by atoms with Crippen molar-refractivity contribution in [2.24, 2.45) is 5.10 Å². The van der Waals surface area contributed by atoms with Crippen molar-refractivity contribution in [1.82, 2.24) is 5.43 Å². The molecule has 0 radical (unpaired) electrons. The van der Waals surface area contributed by atoms with Crippen LogP contribution in [0.15, 0.2) is 77.3 Å². The van der Waals surface area contributed by atoms with Crippen LogP contribution in [0.4, 0.5) is 0 Å². The molecule has 2 aromatic rings. The number of carbonyl (C=O) groups is 1. The third-order valence-electron chi connectivity index (χ3n) is 3.19. The van der Waals surface area contributed by atoms with Crippen LogP contribution in [0.2, 0.25) is 0 Å². The lowest BCUT2D eigenvalue weighted by molar-refractivity contribution is 0.0951. The Morgan fingerprint density at radius 2 is 1.77 bits per heavy atom. The summed E-state index contributed by atoms with van der Waals surface area (Å²) >= 11 is 3.35. The molecule has 134 valence electrons. The molecule has 0 aliphatic carbocycles. The SMILES string of the molecule is C=CCOc1ccccc1/C=N/NC(=O)c1cc(Br)ccc1OCC=C. The molecule has 6 heteroatoms. The van der Waals surface area contributed by atoms with E-state index in [1.165, 1.54) is 6.21 Å². The van der Waals surface area contributed by atoms with Crippen LogP contribution in [-0.4, -0.2) is 25.3 Å². The van der Waals surface area contributed by atoms with E-state index < -0.39 is 0 Å². The fourth-order valence-corrected chi connectivity index (χ4v) is 2.40. The number of para-hydroxylation sites is 1. The topological polar surface area (TPSA) is 59.9 Å². The molecular weight excluding hydrogens is 396 g/mol. The Hall–Kier alpha value is -2.86. The van der Waals surface area contributed by atoms with Gasteiger partial charge in [-0.1, -0.05) is 53.4 Å². The molecule has 0 atom stereocenters. The first-order valence-electron chi connectivity index (χ1n) is 7.85. The lowest BCUT2D eigenvalue weighted by Crippen LogP contribution is -2.19. The zero-order valence-corrected chi connectivity index (χ0v) is 15.7. The van der Waals surface area contributed by atoms with Crippen molar-refractivity contribution in [3.05, 3.63) is 83.4 Å². The maximum absolute atomic E-state index is 12.4. The lowest BCUT2D eigenvalue weighted by Gasteiger charge is -2.09. The molecule has 0 spiro atoms. The van der Waals surface area contributed by atoms with Gasteiger partial charge >= 0.3 is 0 Å². The molecule has 0 aromatic heterocycles. The molecule has 26 heavy (non-hydrogen) atoms. The average molecular weight is 415 g/mol. The molecule has 2 rings (SSSR count). The highest BCUT2D eigenvalue weighted by Crippen LogP contribution is 2.23. The van der Waals surface area contributed by atoms with E-state index in [0.717, 1.165) is 10.0 Å². The fraction of sp³-hybridized carbons (Fsp3) is 0.100. The van der Waals surface area contributed by atoms with Crippen molar-refractivity contribution in [3.63, 3.8) is 0 Å². The molecule has 0 bridgehead atoms. The van der Waals surface area contributed by atoms with Crippen LogP contribution >= 0.6 is 15.9 Å². The molecule has 1 amide bonds. The molecule has 0 saturated heterocycles. The van der Waals surface area contributed by atoms with E-state index in [9.17, 15) is 4.79 Å². The summed E-state index contributed by atoms with van der Waals surface area (Å²) in [5, 5.41) is 4.02. The van der Waals surface area contributed by atoms with E-state index in [1.807, 2.05) is 24.3 Å². The summed E-state index contributed by atoms with van der Waals surface area (Å²) in [6, 6.07) is 12.6. The lowest BCUT2D eigenvalue weighted by atomic mass is 10.2. The minimum atomic E-state index is -0.383. The first-order chi connectivity index (χ1) is 12.7. The van der Waals surface area contributed by atoms with Crippen LogP contribution in [0.3, 0.4) is 0 Å². The number of hydrogen-bond donors (Lipinski definition) is 1. The summed E-state index contributed by atoms with van der Waals surface area (Å²) in [5.41, 5.74) is 3.62. The molecule has 1 N–H and O–H groups in total. The van der Waals surface area contributed by atoms with Crippen LogP contribution in [0.5, 0.6) is 11.5 Å². The van der Waals surface area contributed by atoms with Crippen molar-refractivity contribution >= 4 is 28.1 Å². The van der Waals surface area contributed by atoms with Gasteiger partial charge in [-0.05, 0) is 30.3 Å². The number of hydrazone groups is 1. The number of nitrogens with zero attached hydrogens (tertiary/aromatic N) is 1. The van der Waals surface area contributed by atoms with Crippen molar-refractivity contribution in [2.45, 2.75) is 0 Å². The minimum absolute atomic E-state index is 0.305. The molecule has 0 aliphatic heterocycles. The molecule has 0 unspecified atom stereocenters. The van der Waals surface area contributed by atoms with Crippen LogP contribution in [0, 0.1) is 0 Å². The monoisotopic (exact) mass is 414 g/mol. The van der Waals surface area contributed by atoms with Gasteiger partial charge in [0.15, 0.2) is 0 Å². The summed E-state index contributed by atoms with van der Waals surface area (Å²) in [6.45, 7) is 7.92. The van der Waals surface area contributed by atoms with Gasteiger partial charge < -0.3 is 9.47 Å². The standard InChI is InChI=1S/C20H19BrN2O3/c1-3-11-25-18-8-6-5-7-15(18)14-22-23-20(24)17-13-16(21)9-10-19(17)26-12-4-2/h3-10,13-14H,1-2,11-12H2,(H,23,24)/b22-14+. The number of halogens is 1. The van der Waals surface area contributed by atoms with E-state index >= 15 is 0 Å². The average Bonchev–Trinajstić information content (AvgIpc) is 2.66. The highest BCUT2D eigenvalue weighted by molar-refractivity contribution is 9.10. The van der Waals surface area contributed by atoms with E-state index in [1.54, 1.807) is 30.4 Å². The quantitative estimate of drug-likeness (QED) is 0.377. The van der Waals surface area contributed by atoms with Gasteiger partial charge in [-0.15, -0.1) is 0 Å². The molecule has 0 fully saturated rings. The highest BCUT2D eigenvalue weighted by atomic mass is 79.9. The molecule has 0 aliphatic rings. The van der Waals surface area contributed by atoms with Gasteiger partial charge in [0.2, 0.25) is 0 Å². The number of hydrogen-bond acceptors (Lipinski definition) is 4. The predicted molar refractivity (Wildman–Crippen MR) is 107 cm³/mol. The van der Waals surface area contributed by atoms with Crippen LogP contribution in [-0.2, 0) is 0 Å². The largest absolute Gasteiger partial charge is 0.489 e. The van der Waals surface area contributed by atoms with Crippen LogP contribution < -0.4 is 14.9 Å². The number of benzene rings is 2. The summed E-state index contributed by atoms with van der Waals surface area (Å²) in [5.74, 6) is 0.726. The first-order valence-corrected chi connectivity index (χ1v) is 8.64. The van der Waals surface area contributed by atoms with Gasteiger partial charge in [-0.3, -0.25) is 4.79 Å². The zero-order valence-electron chi connectivity index (χ0n) is 14.2. The van der Waals surface area contributed by atoms with Crippen molar-refractivity contribution in [3.8, 4) is 11.5 Å². The Morgan fingerprint density at radius 1 is 1.08 bits per heavy atom. The van der Waals surface area contributed by atoms with E-state index in [0.29, 0.717) is 30.3 Å². The molecule has 5 nitrogen and oxygen atoms in total. The normalized spacial score (nSPS) is 10.3. The van der Waals surface area contributed by atoms with Crippen molar-refractivity contribution in [2.75, 3.05) is 13.2 Å². The van der Waals surface area contributed by atoms with Gasteiger partial charge in [-0.25, -0.2) is 5.43 Å². The Labute approximate surface area is 161 Å². The third-order valence-corrected chi connectivity index (χ3v) is 3.68. The van der Waals surface area contributed by atoms with Gasteiger partial charge in [-0.2, -0.15) is 5.10 Å². The predicted octanol–water partition coefficient (Wildman–Crippen LogP) is 4.34. The van der Waals surface area contributed by atoms with E-state index in [2.05, 4.69) is 39.6 Å². The highest BCUT2D eigenvalue weighted by Gasteiger charge is 2.12. The minimum Gasteiger partial charge on any atom is -0.489 e. The molecule has 0 saturated carbocycles. The second kappa shape index (κ2) is 10.2. The Balaban J connectivity index is 2.11. The van der Waals surface area contributed by atoms with Gasteiger partial charge in [0.05, 0.1) is 11.8 Å². The third kappa shape index (κ3) is 5.60. The summed E-state index contributed by atoms with van der Waals surface area (Å²) < 4.78 is 11.8. The van der Waals surface area contributed by atoms with Crippen LogP contribution in [0.1, 0.15) is 15.9 Å². The maximum Gasteiger partial charge on any atom is 0.275 e. The van der Waals surface area contributed by atoms with Gasteiger partial charge in [0.25, 0.3) is 5.91 Å². The Kier molecular flexibility index (Phi) is 7.64. The number of nitrogens with one attached hydrogen (secondary N) is 1. The smallest absolute Gasteiger partial charge is 0.275 e.